The molecule has 3 unspecified atom stereocenters. The second kappa shape index (κ2) is 9.54. The lowest BCUT2D eigenvalue weighted by molar-refractivity contribution is 0.0930. The predicted molar refractivity (Wildman–Crippen MR) is 102 cm³/mol. The second-order valence-corrected chi connectivity index (χ2v) is 7.01. The van der Waals surface area contributed by atoms with Crippen LogP contribution in [0.3, 0.4) is 0 Å². The van der Waals surface area contributed by atoms with Crippen LogP contribution in [0.25, 0.3) is 0 Å². The third-order valence-electron chi connectivity index (χ3n) is 4.56. The van der Waals surface area contributed by atoms with E-state index in [-0.39, 0.29) is 11.9 Å². The van der Waals surface area contributed by atoms with Gasteiger partial charge in [0, 0.05) is 49.6 Å². The van der Waals surface area contributed by atoms with Gasteiger partial charge in [-0.2, -0.15) is 0 Å². The molecule has 0 radical (unpaired) electrons. The number of hydrogen-bond acceptors (Lipinski definition) is 5. The van der Waals surface area contributed by atoms with E-state index in [9.17, 15) is 9.59 Å². The predicted octanol–water partition coefficient (Wildman–Crippen LogP) is 1.49. The number of methoxy groups -OCH3 is 1. The van der Waals surface area contributed by atoms with E-state index in [0.29, 0.717) is 42.0 Å². The molecule has 1 saturated heterocycles. The highest BCUT2D eigenvalue weighted by molar-refractivity contribution is 6.02. The maximum Gasteiger partial charge on any atom is 0.251 e. The monoisotopic (exact) mass is 362 g/mol. The van der Waals surface area contributed by atoms with E-state index in [1.807, 2.05) is 6.92 Å². The van der Waals surface area contributed by atoms with Gasteiger partial charge in [-0.15, -0.1) is 0 Å². The van der Waals surface area contributed by atoms with Crippen LogP contribution >= 0.6 is 0 Å². The summed E-state index contributed by atoms with van der Waals surface area (Å²) >= 11 is 0. The summed E-state index contributed by atoms with van der Waals surface area (Å²) < 4.78 is 5.01. The van der Waals surface area contributed by atoms with Gasteiger partial charge in [-0.3, -0.25) is 9.59 Å². The van der Waals surface area contributed by atoms with Crippen molar-refractivity contribution in [3.8, 4) is 0 Å². The van der Waals surface area contributed by atoms with Crippen LogP contribution in [0.5, 0.6) is 0 Å². The molecule has 0 aliphatic carbocycles. The minimum atomic E-state index is -0.523. The fourth-order valence-corrected chi connectivity index (χ4v) is 3.25. The molecule has 0 spiro atoms. The van der Waals surface area contributed by atoms with E-state index in [0.717, 1.165) is 19.3 Å². The lowest BCUT2D eigenvalue weighted by Gasteiger charge is -2.36. The summed E-state index contributed by atoms with van der Waals surface area (Å²) in [4.78, 5) is 24.1. The summed E-state index contributed by atoms with van der Waals surface area (Å²) in [6.45, 7) is 5.40. The Hall–Kier alpha value is -2.12. The zero-order valence-electron chi connectivity index (χ0n) is 15.8. The average Bonchev–Trinajstić information content (AvgIpc) is 2.57. The van der Waals surface area contributed by atoms with Gasteiger partial charge >= 0.3 is 0 Å². The fourth-order valence-electron chi connectivity index (χ4n) is 3.25. The minimum Gasteiger partial charge on any atom is -0.385 e. The second-order valence-electron chi connectivity index (χ2n) is 7.01. The van der Waals surface area contributed by atoms with Crippen molar-refractivity contribution >= 4 is 17.5 Å². The molecule has 1 fully saturated rings. The lowest BCUT2D eigenvalue weighted by atomic mass is 9.93. The van der Waals surface area contributed by atoms with Gasteiger partial charge in [-0.25, -0.2) is 0 Å². The standard InChI is InChI=1S/C19H30N4O3/c1-12-9-15(22-12)10-13(2)23-19(25)14-5-6-16(18(20)24)17(11-14)21-7-4-8-26-3/h5-6,11-13,15,21-22H,4,7-10H2,1-3H3,(H2,20,24)(H,23,25). The van der Waals surface area contributed by atoms with E-state index >= 15 is 0 Å². The number of nitrogens with one attached hydrogen (secondary N) is 3. The number of anilines is 1. The third-order valence-corrected chi connectivity index (χ3v) is 4.56. The maximum absolute atomic E-state index is 12.5. The Bertz CT molecular complexity index is 629. The highest BCUT2D eigenvalue weighted by atomic mass is 16.5. The van der Waals surface area contributed by atoms with Gasteiger partial charge in [0.15, 0.2) is 0 Å². The molecular weight excluding hydrogens is 332 g/mol. The van der Waals surface area contributed by atoms with Crippen LogP contribution in [0.4, 0.5) is 5.69 Å². The summed E-state index contributed by atoms with van der Waals surface area (Å²) in [6.07, 6.45) is 2.83. The molecule has 0 bridgehead atoms. The Morgan fingerprint density at radius 3 is 2.77 bits per heavy atom. The molecule has 1 aliphatic rings. The fraction of sp³-hybridized carbons (Fsp3) is 0.579. The molecule has 3 atom stereocenters. The van der Waals surface area contributed by atoms with E-state index in [4.69, 9.17) is 10.5 Å². The smallest absolute Gasteiger partial charge is 0.251 e. The Morgan fingerprint density at radius 2 is 2.15 bits per heavy atom. The summed E-state index contributed by atoms with van der Waals surface area (Å²) in [6, 6.07) is 6.01. The first-order valence-corrected chi connectivity index (χ1v) is 9.14. The molecule has 26 heavy (non-hydrogen) atoms. The summed E-state index contributed by atoms with van der Waals surface area (Å²) in [5.74, 6) is -0.675. The van der Waals surface area contributed by atoms with Crippen LogP contribution in [0.15, 0.2) is 18.2 Å². The van der Waals surface area contributed by atoms with E-state index < -0.39 is 5.91 Å². The van der Waals surface area contributed by atoms with Crippen molar-refractivity contribution < 1.29 is 14.3 Å². The van der Waals surface area contributed by atoms with Crippen molar-refractivity contribution in [1.29, 1.82) is 0 Å². The zero-order valence-corrected chi connectivity index (χ0v) is 15.8. The van der Waals surface area contributed by atoms with E-state index in [1.54, 1.807) is 25.3 Å². The number of benzene rings is 1. The molecule has 7 nitrogen and oxygen atoms in total. The van der Waals surface area contributed by atoms with E-state index in [2.05, 4.69) is 22.9 Å². The first kappa shape index (κ1) is 20.2. The van der Waals surface area contributed by atoms with Crippen LogP contribution in [-0.4, -0.2) is 50.2 Å². The van der Waals surface area contributed by atoms with Crippen molar-refractivity contribution in [3.63, 3.8) is 0 Å². The van der Waals surface area contributed by atoms with Crippen molar-refractivity contribution in [2.75, 3.05) is 25.6 Å². The number of primary amides is 1. The van der Waals surface area contributed by atoms with Gasteiger partial charge in [-0.05, 0) is 51.3 Å². The molecular formula is C19H30N4O3. The third kappa shape index (κ3) is 5.71. The lowest BCUT2D eigenvalue weighted by Crippen LogP contribution is -2.53. The van der Waals surface area contributed by atoms with Gasteiger partial charge in [0.05, 0.1) is 5.56 Å². The summed E-state index contributed by atoms with van der Waals surface area (Å²) in [5, 5.41) is 9.61. The molecule has 144 valence electrons. The summed E-state index contributed by atoms with van der Waals surface area (Å²) in [7, 11) is 1.64. The molecule has 0 aromatic heterocycles. The minimum absolute atomic E-state index is 0.0708. The van der Waals surface area contributed by atoms with Gasteiger partial charge in [0.2, 0.25) is 0 Å². The van der Waals surface area contributed by atoms with Gasteiger partial charge < -0.3 is 26.4 Å². The molecule has 2 amide bonds. The molecule has 2 rings (SSSR count). The average molecular weight is 362 g/mol. The van der Waals surface area contributed by atoms with Crippen molar-refractivity contribution in [2.24, 2.45) is 5.73 Å². The maximum atomic E-state index is 12.5. The largest absolute Gasteiger partial charge is 0.385 e. The van der Waals surface area contributed by atoms with Crippen LogP contribution < -0.4 is 21.7 Å². The number of hydrogen-bond donors (Lipinski definition) is 4. The Kier molecular flexibility index (Phi) is 7.41. The Labute approximate surface area is 155 Å². The molecule has 1 aromatic rings. The molecule has 1 heterocycles. The quantitative estimate of drug-likeness (QED) is 0.472. The number of amides is 2. The van der Waals surface area contributed by atoms with Gasteiger partial charge in [-0.1, -0.05) is 0 Å². The number of ether oxygens (including phenoxy) is 1. The van der Waals surface area contributed by atoms with Crippen LogP contribution in [0.1, 0.15) is 53.8 Å². The number of carbonyl (C=O) groups is 2. The normalized spacial score (nSPS) is 20.1. The molecule has 5 N–H and O–H groups in total. The van der Waals surface area contributed by atoms with Gasteiger partial charge in [0.1, 0.15) is 0 Å². The zero-order chi connectivity index (χ0) is 19.1. The van der Waals surface area contributed by atoms with E-state index in [1.165, 1.54) is 0 Å². The number of rotatable bonds is 10. The number of carbonyl (C=O) groups excluding carboxylic acids is 2. The molecule has 7 heteroatoms. The molecule has 0 saturated carbocycles. The van der Waals surface area contributed by atoms with Crippen molar-refractivity contribution in [2.45, 2.75) is 51.2 Å². The molecule has 1 aromatic carbocycles. The molecule has 1 aliphatic heterocycles. The van der Waals surface area contributed by atoms with Gasteiger partial charge in [0.25, 0.3) is 11.8 Å². The van der Waals surface area contributed by atoms with Crippen molar-refractivity contribution in [1.82, 2.24) is 10.6 Å². The van der Waals surface area contributed by atoms with Crippen LogP contribution in [0, 0.1) is 0 Å². The van der Waals surface area contributed by atoms with Crippen molar-refractivity contribution in [3.05, 3.63) is 29.3 Å². The Balaban J connectivity index is 1.98. The highest BCUT2D eigenvalue weighted by Crippen LogP contribution is 2.19. The first-order valence-electron chi connectivity index (χ1n) is 9.14. The summed E-state index contributed by atoms with van der Waals surface area (Å²) in [5.41, 5.74) is 6.88. The number of nitrogens with two attached hydrogens (primary N) is 1. The van der Waals surface area contributed by atoms with Crippen LogP contribution in [-0.2, 0) is 4.74 Å². The Morgan fingerprint density at radius 1 is 1.42 bits per heavy atom. The first-order chi connectivity index (χ1) is 12.4. The topological polar surface area (TPSA) is 105 Å². The van der Waals surface area contributed by atoms with Crippen LogP contribution in [0.2, 0.25) is 0 Å². The highest BCUT2D eigenvalue weighted by Gasteiger charge is 2.26. The SMILES string of the molecule is COCCCNc1cc(C(=O)NC(C)CC2CC(C)N2)ccc1C(N)=O.